The van der Waals surface area contributed by atoms with Gasteiger partial charge >= 0.3 is 0 Å². The maximum atomic E-state index is 12.5. The van der Waals surface area contributed by atoms with Crippen molar-refractivity contribution >= 4 is 5.91 Å². The summed E-state index contributed by atoms with van der Waals surface area (Å²) >= 11 is 0. The van der Waals surface area contributed by atoms with E-state index in [-0.39, 0.29) is 12.5 Å². The van der Waals surface area contributed by atoms with Gasteiger partial charge in [0, 0.05) is 6.42 Å². The fraction of sp³-hybridized carbons (Fsp3) is 0.942. The molecule has 56 heavy (non-hydrogen) atoms. The smallest absolute Gasteiger partial charge is 0.220 e. The molecule has 0 aromatic carbocycles. The summed E-state index contributed by atoms with van der Waals surface area (Å²) in [5, 5.41) is 23.3. The van der Waals surface area contributed by atoms with Crippen LogP contribution >= 0.6 is 0 Å². The minimum absolute atomic E-state index is 0.0305. The number of aliphatic hydroxyl groups is 2. The third kappa shape index (κ3) is 44.2. The maximum Gasteiger partial charge on any atom is 0.220 e. The average molecular weight is 790 g/mol. The molecule has 0 rings (SSSR count). The van der Waals surface area contributed by atoms with Crippen LogP contribution in [0.2, 0.25) is 0 Å². The second kappa shape index (κ2) is 48.5. The quantitative estimate of drug-likeness (QED) is 0.0425. The van der Waals surface area contributed by atoms with Gasteiger partial charge in [-0.05, 0) is 38.5 Å². The number of hydrogen-bond donors (Lipinski definition) is 3. The first-order valence-corrected chi connectivity index (χ1v) is 25.9. The predicted octanol–water partition coefficient (Wildman–Crippen LogP) is 16.6. The van der Waals surface area contributed by atoms with Crippen LogP contribution in [0.1, 0.15) is 296 Å². The molecule has 0 aromatic heterocycles. The van der Waals surface area contributed by atoms with Crippen molar-refractivity contribution in [3.8, 4) is 0 Å². The topological polar surface area (TPSA) is 69.6 Å². The van der Waals surface area contributed by atoms with Crippen molar-refractivity contribution in [2.45, 2.75) is 309 Å². The molecule has 0 saturated carbocycles. The van der Waals surface area contributed by atoms with Gasteiger partial charge in [0.05, 0.1) is 18.8 Å². The third-order valence-corrected chi connectivity index (χ3v) is 12.3. The Morgan fingerprint density at radius 3 is 0.982 bits per heavy atom. The van der Waals surface area contributed by atoms with Gasteiger partial charge in [0.1, 0.15) is 0 Å². The molecule has 0 aliphatic rings. The Labute approximate surface area is 352 Å². The van der Waals surface area contributed by atoms with Gasteiger partial charge in [-0.25, -0.2) is 0 Å². The van der Waals surface area contributed by atoms with E-state index in [9.17, 15) is 15.0 Å². The van der Waals surface area contributed by atoms with E-state index >= 15 is 0 Å². The van der Waals surface area contributed by atoms with Crippen LogP contribution in [0.25, 0.3) is 0 Å². The molecule has 0 radical (unpaired) electrons. The summed E-state index contributed by atoms with van der Waals surface area (Å²) in [5.74, 6) is -0.0305. The number of amides is 1. The van der Waals surface area contributed by atoms with Crippen molar-refractivity contribution in [2.24, 2.45) is 0 Å². The molecule has 0 spiro atoms. The summed E-state index contributed by atoms with van der Waals surface area (Å²) in [6.45, 7) is 4.39. The molecule has 0 aliphatic heterocycles. The molecular weight excluding hydrogens is 687 g/mol. The lowest BCUT2D eigenvalue weighted by Gasteiger charge is -2.22. The lowest BCUT2D eigenvalue weighted by molar-refractivity contribution is -0.123. The lowest BCUT2D eigenvalue weighted by atomic mass is 10.0. The largest absolute Gasteiger partial charge is 0.394 e. The highest BCUT2D eigenvalue weighted by molar-refractivity contribution is 5.76. The van der Waals surface area contributed by atoms with Crippen molar-refractivity contribution in [1.29, 1.82) is 0 Å². The number of carbonyl (C=O) groups excluding carboxylic acids is 1. The van der Waals surface area contributed by atoms with Crippen LogP contribution < -0.4 is 5.32 Å². The Kier molecular flexibility index (Phi) is 47.7. The van der Waals surface area contributed by atoms with Crippen molar-refractivity contribution < 1.29 is 15.0 Å². The number of unbranched alkanes of at least 4 members (excludes halogenated alkanes) is 39. The van der Waals surface area contributed by atoms with Gasteiger partial charge in [-0.1, -0.05) is 264 Å². The first-order valence-electron chi connectivity index (χ1n) is 25.9. The average Bonchev–Trinajstić information content (AvgIpc) is 3.20. The summed E-state index contributed by atoms with van der Waals surface area (Å²) in [7, 11) is 0. The van der Waals surface area contributed by atoms with Crippen LogP contribution in [0.3, 0.4) is 0 Å². The van der Waals surface area contributed by atoms with Crippen LogP contribution in [-0.2, 0) is 4.79 Å². The molecule has 4 nitrogen and oxygen atoms in total. The SMILES string of the molecule is CCCCCCCCCCCC/C=C\CCCCCCCCCC(=O)NC(CO)C(O)CCCCCCCCCCCCCCCCCCCCCCCCC. The first kappa shape index (κ1) is 55.1. The van der Waals surface area contributed by atoms with Crippen LogP contribution in [0.5, 0.6) is 0 Å². The molecule has 0 fully saturated rings. The molecule has 0 aromatic rings. The zero-order chi connectivity index (χ0) is 40.7. The molecule has 2 unspecified atom stereocenters. The molecule has 334 valence electrons. The Bertz CT molecular complexity index is 769. The van der Waals surface area contributed by atoms with Crippen LogP contribution in [0.4, 0.5) is 0 Å². The monoisotopic (exact) mass is 790 g/mol. The van der Waals surface area contributed by atoms with E-state index in [2.05, 4.69) is 31.3 Å². The number of carbonyl (C=O) groups is 1. The summed E-state index contributed by atoms with van der Waals surface area (Å²) < 4.78 is 0. The van der Waals surface area contributed by atoms with Gasteiger partial charge in [-0.15, -0.1) is 0 Å². The Balaban J connectivity index is 3.45. The van der Waals surface area contributed by atoms with E-state index in [0.29, 0.717) is 12.8 Å². The van der Waals surface area contributed by atoms with E-state index in [0.717, 1.165) is 25.7 Å². The Morgan fingerprint density at radius 1 is 0.411 bits per heavy atom. The normalized spacial score (nSPS) is 12.9. The summed E-state index contributed by atoms with van der Waals surface area (Å²) in [4.78, 5) is 12.5. The number of hydrogen-bond acceptors (Lipinski definition) is 3. The summed E-state index contributed by atoms with van der Waals surface area (Å²) in [5.41, 5.74) is 0. The van der Waals surface area contributed by atoms with Crippen molar-refractivity contribution in [1.82, 2.24) is 5.32 Å². The minimum atomic E-state index is -0.659. The molecular formula is C52H103NO3. The van der Waals surface area contributed by atoms with Crippen LogP contribution in [-0.4, -0.2) is 34.9 Å². The minimum Gasteiger partial charge on any atom is -0.394 e. The van der Waals surface area contributed by atoms with Gasteiger partial charge in [0.2, 0.25) is 5.91 Å². The summed E-state index contributed by atoms with van der Waals surface area (Å²) in [6, 6.07) is -0.536. The molecule has 0 heterocycles. The van der Waals surface area contributed by atoms with E-state index < -0.39 is 12.1 Å². The molecule has 0 saturated heterocycles. The zero-order valence-electron chi connectivity index (χ0n) is 38.4. The van der Waals surface area contributed by atoms with Gasteiger partial charge < -0.3 is 15.5 Å². The van der Waals surface area contributed by atoms with E-state index in [1.807, 2.05) is 0 Å². The molecule has 0 bridgehead atoms. The highest BCUT2D eigenvalue weighted by Gasteiger charge is 2.20. The second-order valence-electron chi connectivity index (χ2n) is 17.9. The Hall–Kier alpha value is -0.870. The van der Waals surface area contributed by atoms with Crippen LogP contribution in [0, 0.1) is 0 Å². The maximum absolute atomic E-state index is 12.5. The molecule has 3 N–H and O–H groups in total. The van der Waals surface area contributed by atoms with Gasteiger partial charge in [0.25, 0.3) is 0 Å². The van der Waals surface area contributed by atoms with Crippen molar-refractivity contribution in [3.63, 3.8) is 0 Å². The highest BCUT2D eigenvalue weighted by Crippen LogP contribution is 2.17. The third-order valence-electron chi connectivity index (χ3n) is 12.3. The van der Waals surface area contributed by atoms with Crippen LogP contribution in [0.15, 0.2) is 12.2 Å². The van der Waals surface area contributed by atoms with E-state index in [1.165, 1.54) is 244 Å². The van der Waals surface area contributed by atoms with Crippen molar-refractivity contribution in [2.75, 3.05) is 6.61 Å². The van der Waals surface area contributed by atoms with E-state index in [1.54, 1.807) is 0 Å². The molecule has 4 heteroatoms. The number of aliphatic hydroxyl groups excluding tert-OH is 2. The second-order valence-corrected chi connectivity index (χ2v) is 17.9. The molecule has 0 aliphatic carbocycles. The number of rotatable bonds is 48. The predicted molar refractivity (Wildman–Crippen MR) is 249 cm³/mol. The number of nitrogens with one attached hydrogen (secondary N) is 1. The number of allylic oxidation sites excluding steroid dienone is 2. The van der Waals surface area contributed by atoms with Gasteiger partial charge in [-0.2, -0.15) is 0 Å². The molecule has 2 atom stereocenters. The first-order chi connectivity index (χ1) is 27.7. The van der Waals surface area contributed by atoms with E-state index in [4.69, 9.17) is 0 Å². The fourth-order valence-electron chi connectivity index (χ4n) is 8.30. The Morgan fingerprint density at radius 2 is 0.679 bits per heavy atom. The highest BCUT2D eigenvalue weighted by atomic mass is 16.3. The fourth-order valence-corrected chi connectivity index (χ4v) is 8.30. The summed E-state index contributed by atoms with van der Waals surface area (Å²) in [6.07, 6.45) is 61.8. The molecule has 1 amide bonds. The standard InChI is InChI=1S/C52H103NO3/c1-3-5-7-9-11-13-15-17-19-21-23-25-26-28-29-31-33-35-37-39-41-43-45-47-51(55)50(49-54)53-52(56)48-46-44-42-40-38-36-34-32-30-27-24-22-20-18-16-14-12-10-8-6-4-2/h27,30,50-51,54-55H,3-26,28-29,31-49H2,1-2H3,(H,53,56)/b30-27-. The van der Waals surface area contributed by atoms with Crippen molar-refractivity contribution in [3.05, 3.63) is 12.2 Å². The van der Waals surface area contributed by atoms with Gasteiger partial charge in [-0.3, -0.25) is 4.79 Å². The zero-order valence-corrected chi connectivity index (χ0v) is 38.4. The lowest BCUT2D eigenvalue weighted by Crippen LogP contribution is -2.45. The van der Waals surface area contributed by atoms with Gasteiger partial charge in [0.15, 0.2) is 0 Å².